The number of hydrogen-bond donors (Lipinski definition) is 1. The van der Waals surface area contributed by atoms with Crippen LogP contribution in [-0.2, 0) is 11.4 Å². The number of carbonyl (C=O) groups excluding carboxylic acids is 1. The molecule has 0 radical (unpaired) electrons. The maximum Gasteiger partial charge on any atom is 0.230 e. The zero-order valence-corrected chi connectivity index (χ0v) is 19.4. The number of amides is 1. The van der Waals surface area contributed by atoms with E-state index >= 15 is 0 Å². The van der Waals surface area contributed by atoms with Crippen molar-refractivity contribution in [2.24, 2.45) is 0 Å². The lowest BCUT2D eigenvalue weighted by molar-refractivity contribution is -0.118. The van der Waals surface area contributed by atoms with Gasteiger partial charge in [0.25, 0.3) is 0 Å². The highest BCUT2D eigenvalue weighted by atomic mass is 35.5. The van der Waals surface area contributed by atoms with Gasteiger partial charge in [-0.25, -0.2) is 0 Å². The van der Waals surface area contributed by atoms with Gasteiger partial charge in [0.15, 0.2) is 11.0 Å². The van der Waals surface area contributed by atoms with E-state index in [1.807, 2.05) is 49.4 Å². The number of aryl methyl sites for hydroxylation is 1. The molecule has 1 aliphatic rings. The Balaban J connectivity index is 1.25. The Hall–Kier alpha value is -2.71. The number of hydrogen-bond acceptors (Lipinski definition) is 6. The summed E-state index contributed by atoms with van der Waals surface area (Å²) in [6.45, 7) is 3.15. The molecule has 168 valence electrons. The lowest BCUT2D eigenvalue weighted by Crippen LogP contribution is -2.29. The van der Waals surface area contributed by atoms with Crippen molar-refractivity contribution in [2.75, 3.05) is 18.9 Å². The number of nitrogens with zero attached hydrogens (tertiary/aromatic N) is 3. The fourth-order valence-corrected chi connectivity index (χ4v) is 4.20. The molecule has 1 heterocycles. The first kappa shape index (κ1) is 22.5. The first-order valence-corrected chi connectivity index (χ1v) is 11.9. The standard InChI is InChI=1S/C23H25ClN4O3S/c1-16-5-4-6-18(13-16)30-12-11-25-22(29)15-32-23-27-26-21(28(23)17-9-10-17)14-31-20-8-3-2-7-19(20)24/h2-8,13,17H,9-12,14-15H2,1H3,(H,25,29). The third-order valence-electron chi connectivity index (χ3n) is 4.86. The Morgan fingerprint density at radius 1 is 1.19 bits per heavy atom. The fraction of sp³-hybridized carbons (Fsp3) is 0.348. The number of nitrogens with one attached hydrogen (secondary N) is 1. The van der Waals surface area contributed by atoms with Gasteiger partial charge in [0.2, 0.25) is 5.91 Å². The second-order valence-electron chi connectivity index (χ2n) is 7.52. The first-order valence-electron chi connectivity index (χ1n) is 10.5. The number of benzene rings is 2. The Morgan fingerprint density at radius 2 is 2.03 bits per heavy atom. The third kappa shape index (κ3) is 6.17. The summed E-state index contributed by atoms with van der Waals surface area (Å²) in [6.07, 6.45) is 2.15. The molecule has 1 N–H and O–H groups in total. The minimum absolute atomic E-state index is 0.0675. The zero-order valence-electron chi connectivity index (χ0n) is 17.8. The number of thioether (sulfide) groups is 1. The summed E-state index contributed by atoms with van der Waals surface area (Å²) >= 11 is 7.54. The number of ether oxygens (including phenoxy) is 2. The van der Waals surface area contributed by atoms with Gasteiger partial charge in [-0.1, -0.05) is 47.6 Å². The lowest BCUT2D eigenvalue weighted by Gasteiger charge is -2.11. The molecule has 9 heteroatoms. The van der Waals surface area contributed by atoms with E-state index in [9.17, 15) is 4.79 Å². The smallest absolute Gasteiger partial charge is 0.230 e. The Kier molecular flexibility index (Phi) is 7.55. The number of para-hydroxylation sites is 1. The molecule has 0 saturated heterocycles. The molecule has 1 saturated carbocycles. The van der Waals surface area contributed by atoms with Crippen molar-refractivity contribution < 1.29 is 14.3 Å². The summed E-state index contributed by atoms with van der Waals surface area (Å²) in [6, 6.07) is 15.5. The highest BCUT2D eigenvalue weighted by Gasteiger charge is 2.30. The Labute approximate surface area is 196 Å². The van der Waals surface area contributed by atoms with Crippen molar-refractivity contribution in [3.63, 3.8) is 0 Å². The maximum absolute atomic E-state index is 12.2. The van der Waals surface area contributed by atoms with Crippen LogP contribution in [0.3, 0.4) is 0 Å². The van der Waals surface area contributed by atoms with Gasteiger partial charge in [-0.2, -0.15) is 0 Å². The molecule has 7 nitrogen and oxygen atoms in total. The summed E-state index contributed by atoms with van der Waals surface area (Å²) < 4.78 is 13.6. The average Bonchev–Trinajstić information content (AvgIpc) is 3.54. The van der Waals surface area contributed by atoms with Crippen LogP contribution in [0, 0.1) is 6.92 Å². The van der Waals surface area contributed by atoms with Gasteiger partial charge >= 0.3 is 0 Å². The number of carbonyl (C=O) groups is 1. The number of aromatic nitrogens is 3. The zero-order chi connectivity index (χ0) is 22.3. The summed E-state index contributed by atoms with van der Waals surface area (Å²) in [5.41, 5.74) is 1.14. The van der Waals surface area contributed by atoms with Crippen LogP contribution in [0.15, 0.2) is 53.7 Å². The molecular formula is C23H25ClN4O3S. The molecule has 4 rings (SSSR count). The minimum atomic E-state index is -0.0675. The van der Waals surface area contributed by atoms with Gasteiger partial charge in [-0.05, 0) is 49.6 Å². The second-order valence-corrected chi connectivity index (χ2v) is 8.87. The van der Waals surface area contributed by atoms with E-state index in [0.29, 0.717) is 30.0 Å². The van der Waals surface area contributed by atoms with Crippen LogP contribution in [0.5, 0.6) is 11.5 Å². The highest BCUT2D eigenvalue weighted by molar-refractivity contribution is 7.99. The maximum atomic E-state index is 12.2. The molecule has 0 atom stereocenters. The molecule has 0 spiro atoms. The molecule has 32 heavy (non-hydrogen) atoms. The van der Waals surface area contributed by atoms with Crippen LogP contribution >= 0.6 is 23.4 Å². The summed E-state index contributed by atoms with van der Waals surface area (Å²) in [5.74, 6) is 2.35. The molecular weight excluding hydrogens is 448 g/mol. The largest absolute Gasteiger partial charge is 0.492 e. The van der Waals surface area contributed by atoms with Crippen molar-refractivity contribution in [3.05, 3.63) is 64.9 Å². The van der Waals surface area contributed by atoms with Crippen molar-refractivity contribution in [1.29, 1.82) is 0 Å². The number of halogens is 1. The average molecular weight is 473 g/mol. The van der Waals surface area contributed by atoms with Gasteiger partial charge in [-0.15, -0.1) is 10.2 Å². The van der Waals surface area contributed by atoms with E-state index in [1.165, 1.54) is 11.8 Å². The molecule has 1 aromatic heterocycles. The summed E-state index contributed by atoms with van der Waals surface area (Å²) in [5, 5.41) is 12.7. The molecule has 0 unspecified atom stereocenters. The quantitative estimate of drug-likeness (QED) is 0.328. The Bertz CT molecular complexity index is 1070. The van der Waals surface area contributed by atoms with Crippen LogP contribution in [-0.4, -0.2) is 39.6 Å². The molecule has 2 aromatic carbocycles. The van der Waals surface area contributed by atoms with E-state index < -0.39 is 0 Å². The highest BCUT2D eigenvalue weighted by Crippen LogP contribution is 2.39. The van der Waals surface area contributed by atoms with Crippen LogP contribution in [0.4, 0.5) is 0 Å². The van der Waals surface area contributed by atoms with Crippen LogP contribution in [0.25, 0.3) is 0 Å². The SMILES string of the molecule is Cc1cccc(OCCNC(=O)CSc2nnc(COc3ccccc3Cl)n2C2CC2)c1. The third-order valence-corrected chi connectivity index (χ3v) is 6.11. The monoisotopic (exact) mass is 472 g/mol. The predicted octanol–water partition coefficient (Wildman–Crippen LogP) is 4.44. The Morgan fingerprint density at radius 3 is 2.81 bits per heavy atom. The van der Waals surface area contributed by atoms with Gasteiger partial charge in [0.05, 0.1) is 17.3 Å². The van der Waals surface area contributed by atoms with Gasteiger partial charge in [0.1, 0.15) is 24.7 Å². The van der Waals surface area contributed by atoms with Crippen molar-refractivity contribution >= 4 is 29.3 Å². The van der Waals surface area contributed by atoms with E-state index in [1.54, 1.807) is 6.07 Å². The minimum Gasteiger partial charge on any atom is -0.492 e. The predicted molar refractivity (Wildman–Crippen MR) is 124 cm³/mol. The molecule has 1 amide bonds. The van der Waals surface area contributed by atoms with Crippen molar-refractivity contribution in [2.45, 2.75) is 37.6 Å². The fourth-order valence-electron chi connectivity index (χ4n) is 3.15. The van der Waals surface area contributed by atoms with E-state index in [0.717, 1.165) is 35.1 Å². The summed E-state index contributed by atoms with van der Waals surface area (Å²) in [4.78, 5) is 12.2. The normalized spacial score (nSPS) is 13.1. The van der Waals surface area contributed by atoms with E-state index in [-0.39, 0.29) is 18.3 Å². The van der Waals surface area contributed by atoms with Crippen LogP contribution < -0.4 is 14.8 Å². The summed E-state index contributed by atoms with van der Waals surface area (Å²) in [7, 11) is 0. The van der Waals surface area contributed by atoms with Gasteiger partial charge in [0, 0.05) is 6.04 Å². The van der Waals surface area contributed by atoms with Crippen molar-refractivity contribution in [1.82, 2.24) is 20.1 Å². The van der Waals surface area contributed by atoms with Crippen molar-refractivity contribution in [3.8, 4) is 11.5 Å². The topological polar surface area (TPSA) is 78.3 Å². The molecule has 0 aliphatic heterocycles. The second kappa shape index (κ2) is 10.7. The molecule has 3 aromatic rings. The molecule has 0 bridgehead atoms. The van der Waals surface area contributed by atoms with Crippen LogP contribution in [0.2, 0.25) is 5.02 Å². The van der Waals surface area contributed by atoms with E-state index in [4.69, 9.17) is 21.1 Å². The van der Waals surface area contributed by atoms with Gasteiger partial charge in [-0.3, -0.25) is 9.36 Å². The van der Waals surface area contributed by atoms with Crippen LogP contribution in [0.1, 0.15) is 30.3 Å². The first-order chi connectivity index (χ1) is 15.6. The van der Waals surface area contributed by atoms with Gasteiger partial charge < -0.3 is 14.8 Å². The molecule has 1 fully saturated rings. The lowest BCUT2D eigenvalue weighted by atomic mass is 10.2. The molecule has 1 aliphatic carbocycles. The number of rotatable bonds is 11. The van der Waals surface area contributed by atoms with E-state index in [2.05, 4.69) is 20.1 Å².